The van der Waals surface area contributed by atoms with Gasteiger partial charge in [-0.1, -0.05) is 6.07 Å². The first-order valence-corrected chi connectivity index (χ1v) is 8.81. The van der Waals surface area contributed by atoms with Crippen molar-refractivity contribution in [2.45, 2.75) is 13.5 Å². The molecule has 0 N–H and O–H groups in total. The van der Waals surface area contributed by atoms with Crippen LogP contribution in [0.3, 0.4) is 0 Å². The lowest BCUT2D eigenvalue weighted by molar-refractivity contribution is 0.0741. The summed E-state index contributed by atoms with van der Waals surface area (Å²) >= 11 is 0. The van der Waals surface area contributed by atoms with Crippen LogP contribution in [0.2, 0.25) is 0 Å². The van der Waals surface area contributed by atoms with E-state index in [2.05, 4.69) is 9.97 Å². The predicted molar refractivity (Wildman–Crippen MR) is 102 cm³/mol. The summed E-state index contributed by atoms with van der Waals surface area (Å²) in [5.74, 6) is 1.38. The van der Waals surface area contributed by atoms with Crippen LogP contribution < -0.4 is 0 Å². The molecule has 1 amide bonds. The number of pyridine rings is 1. The summed E-state index contributed by atoms with van der Waals surface area (Å²) in [6.45, 7) is 4.24. The van der Waals surface area contributed by atoms with Gasteiger partial charge in [-0.25, -0.2) is 9.97 Å². The zero-order valence-electron chi connectivity index (χ0n) is 16.2. The Morgan fingerprint density at radius 2 is 1.96 bits per heavy atom. The predicted octanol–water partition coefficient (Wildman–Crippen LogP) is 1.87. The topological polar surface area (TPSA) is 73.9 Å². The maximum absolute atomic E-state index is 12.9. The van der Waals surface area contributed by atoms with Crippen molar-refractivity contribution in [2.75, 3.05) is 41.0 Å². The van der Waals surface area contributed by atoms with E-state index in [0.29, 0.717) is 37.8 Å². The van der Waals surface area contributed by atoms with Crippen molar-refractivity contribution in [1.82, 2.24) is 23.8 Å². The summed E-state index contributed by atoms with van der Waals surface area (Å²) in [5, 5.41) is 0. The number of carbonyl (C=O) groups excluding carboxylic acids is 1. The molecule has 0 aliphatic carbocycles. The number of hydrogen-bond acceptors (Lipinski definition) is 5. The molecule has 0 radical (unpaired) electrons. The third-order valence-corrected chi connectivity index (χ3v) is 4.47. The number of amides is 1. The van der Waals surface area contributed by atoms with Gasteiger partial charge in [0.2, 0.25) is 0 Å². The molecule has 0 aliphatic rings. The van der Waals surface area contributed by atoms with Crippen LogP contribution in [0.15, 0.2) is 30.6 Å². The molecule has 8 nitrogen and oxygen atoms in total. The van der Waals surface area contributed by atoms with Crippen molar-refractivity contribution in [3.63, 3.8) is 0 Å². The molecule has 8 heteroatoms. The molecule has 3 aromatic heterocycles. The first-order chi connectivity index (χ1) is 13.1. The van der Waals surface area contributed by atoms with E-state index in [-0.39, 0.29) is 5.91 Å². The fraction of sp³-hybridized carbons (Fsp3) is 0.421. The van der Waals surface area contributed by atoms with Crippen molar-refractivity contribution in [2.24, 2.45) is 0 Å². The normalized spacial score (nSPS) is 11.3. The second-order valence-electron chi connectivity index (χ2n) is 6.32. The Kier molecular flexibility index (Phi) is 5.88. The first-order valence-electron chi connectivity index (χ1n) is 8.81. The zero-order valence-corrected chi connectivity index (χ0v) is 16.2. The molecule has 3 aromatic rings. The molecule has 27 heavy (non-hydrogen) atoms. The third-order valence-electron chi connectivity index (χ3n) is 4.47. The lowest BCUT2D eigenvalue weighted by atomic mass is 10.3. The number of nitrogens with zero attached hydrogens (tertiary/aromatic N) is 5. The molecule has 3 rings (SSSR count). The standard InChI is InChI=1S/C19H25N5O3/c1-14-20-15(13-23(14)10-12-27-4)18-21-17(16-7-5-6-8-24(16)18)19(25)22(2)9-11-26-3/h5-8,13H,9-12H2,1-4H3. The van der Waals surface area contributed by atoms with Gasteiger partial charge in [0.25, 0.3) is 5.91 Å². The van der Waals surface area contributed by atoms with E-state index in [4.69, 9.17) is 9.47 Å². The summed E-state index contributed by atoms with van der Waals surface area (Å²) in [6.07, 6.45) is 3.84. The van der Waals surface area contributed by atoms with Crippen LogP contribution in [0.25, 0.3) is 17.0 Å². The van der Waals surface area contributed by atoms with Crippen LogP contribution >= 0.6 is 0 Å². The second-order valence-corrected chi connectivity index (χ2v) is 6.32. The van der Waals surface area contributed by atoms with E-state index >= 15 is 0 Å². The number of likely N-dealkylation sites (N-methyl/N-ethyl adjacent to an activating group) is 1. The molecule has 0 atom stereocenters. The van der Waals surface area contributed by atoms with Gasteiger partial charge in [0, 0.05) is 46.8 Å². The molecule has 0 fully saturated rings. The SMILES string of the molecule is COCCN(C)C(=O)c1nc(-c2cn(CCOC)c(C)n2)n2ccccc12. The van der Waals surface area contributed by atoms with Crippen LogP contribution in [-0.4, -0.2) is 70.8 Å². The molecule has 0 bridgehead atoms. The minimum atomic E-state index is -0.141. The monoisotopic (exact) mass is 371 g/mol. The van der Waals surface area contributed by atoms with Crippen molar-refractivity contribution < 1.29 is 14.3 Å². The highest BCUT2D eigenvalue weighted by Crippen LogP contribution is 2.23. The molecular weight excluding hydrogens is 346 g/mol. The fourth-order valence-corrected chi connectivity index (χ4v) is 2.92. The lowest BCUT2D eigenvalue weighted by Crippen LogP contribution is -2.30. The van der Waals surface area contributed by atoms with E-state index in [9.17, 15) is 4.79 Å². The first kappa shape index (κ1) is 19.1. The molecule has 144 valence electrons. The number of imidazole rings is 2. The van der Waals surface area contributed by atoms with Gasteiger partial charge in [0.15, 0.2) is 11.5 Å². The molecule has 0 saturated carbocycles. The summed E-state index contributed by atoms with van der Waals surface area (Å²) in [4.78, 5) is 23.8. The Morgan fingerprint density at radius 1 is 1.19 bits per heavy atom. The highest BCUT2D eigenvalue weighted by molar-refractivity contribution is 5.99. The van der Waals surface area contributed by atoms with Crippen molar-refractivity contribution in [3.05, 3.63) is 42.1 Å². The average Bonchev–Trinajstić information content (AvgIpc) is 3.24. The van der Waals surface area contributed by atoms with Crippen molar-refractivity contribution >= 4 is 11.4 Å². The van der Waals surface area contributed by atoms with Gasteiger partial charge in [-0.3, -0.25) is 9.20 Å². The average molecular weight is 371 g/mol. The number of aromatic nitrogens is 4. The van der Waals surface area contributed by atoms with Crippen LogP contribution in [-0.2, 0) is 16.0 Å². The molecule has 0 aromatic carbocycles. The number of hydrogen-bond donors (Lipinski definition) is 0. The molecule has 0 saturated heterocycles. The van der Waals surface area contributed by atoms with Gasteiger partial charge in [-0.05, 0) is 19.1 Å². The van der Waals surface area contributed by atoms with Gasteiger partial charge in [0.05, 0.1) is 18.7 Å². The van der Waals surface area contributed by atoms with E-state index in [1.54, 1.807) is 26.2 Å². The number of carbonyl (C=O) groups is 1. The summed E-state index contributed by atoms with van der Waals surface area (Å²) in [5.41, 5.74) is 1.89. The highest BCUT2D eigenvalue weighted by Gasteiger charge is 2.22. The molecule has 0 aliphatic heterocycles. The number of methoxy groups -OCH3 is 2. The van der Waals surface area contributed by atoms with E-state index in [1.807, 2.05) is 46.5 Å². The van der Waals surface area contributed by atoms with E-state index in [1.165, 1.54) is 0 Å². The minimum absolute atomic E-state index is 0.141. The Morgan fingerprint density at radius 3 is 2.70 bits per heavy atom. The molecular formula is C19H25N5O3. The summed E-state index contributed by atoms with van der Waals surface area (Å²) in [7, 11) is 5.04. The number of aryl methyl sites for hydroxylation is 1. The third kappa shape index (κ3) is 3.86. The maximum atomic E-state index is 12.9. The van der Waals surface area contributed by atoms with Crippen LogP contribution in [0.5, 0.6) is 0 Å². The van der Waals surface area contributed by atoms with Crippen LogP contribution in [0.4, 0.5) is 0 Å². The van der Waals surface area contributed by atoms with Gasteiger partial charge in [-0.2, -0.15) is 0 Å². The molecule has 0 spiro atoms. The molecule has 0 unspecified atom stereocenters. The van der Waals surface area contributed by atoms with Gasteiger partial charge >= 0.3 is 0 Å². The Bertz CT molecular complexity index is 931. The van der Waals surface area contributed by atoms with E-state index in [0.717, 1.165) is 17.0 Å². The summed E-state index contributed by atoms with van der Waals surface area (Å²) < 4.78 is 14.1. The molecule has 3 heterocycles. The highest BCUT2D eigenvalue weighted by atomic mass is 16.5. The van der Waals surface area contributed by atoms with E-state index < -0.39 is 0 Å². The van der Waals surface area contributed by atoms with Crippen LogP contribution in [0, 0.1) is 6.92 Å². The largest absolute Gasteiger partial charge is 0.383 e. The maximum Gasteiger partial charge on any atom is 0.274 e. The minimum Gasteiger partial charge on any atom is -0.383 e. The Balaban J connectivity index is 2.01. The number of rotatable bonds is 8. The second kappa shape index (κ2) is 8.32. The zero-order chi connectivity index (χ0) is 19.4. The number of ether oxygens (including phenoxy) is 2. The van der Waals surface area contributed by atoms with Gasteiger partial charge in [-0.15, -0.1) is 0 Å². The van der Waals surface area contributed by atoms with Crippen molar-refractivity contribution in [3.8, 4) is 11.5 Å². The van der Waals surface area contributed by atoms with Crippen molar-refractivity contribution in [1.29, 1.82) is 0 Å². The van der Waals surface area contributed by atoms with Crippen LogP contribution in [0.1, 0.15) is 16.3 Å². The van der Waals surface area contributed by atoms with Gasteiger partial charge < -0.3 is 18.9 Å². The van der Waals surface area contributed by atoms with Gasteiger partial charge in [0.1, 0.15) is 11.5 Å². The quantitative estimate of drug-likeness (QED) is 0.604. The lowest BCUT2D eigenvalue weighted by Gasteiger charge is -2.15. The number of fused-ring (bicyclic) bond motifs is 1. The summed E-state index contributed by atoms with van der Waals surface area (Å²) in [6, 6.07) is 5.70. The Hall–Kier alpha value is -2.71. The smallest absolute Gasteiger partial charge is 0.274 e. The Labute approximate surface area is 158 Å². The fourth-order valence-electron chi connectivity index (χ4n) is 2.92.